The van der Waals surface area contributed by atoms with Gasteiger partial charge in [-0.15, -0.1) is 0 Å². The first-order valence-electron chi connectivity index (χ1n) is 8.44. The minimum atomic E-state index is 0.0169. The molecule has 130 valence electrons. The normalized spacial score (nSPS) is 13.8. The molecule has 0 atom stereocenters. The van der Waals surface area contributed by atoms with Crippen molar-refractivity contribution in [3.05, 3.63) is 78.6 Å². The third-order valence-corrected chi connectivity index (χ3v) is 4.15. The third kappa shape index (κ3) is 3.64. The summed E-state index contributed by atoms with van der Waals surface area (Å²) >= 11 is 0. The van der Waals surface area contributed by atoms with Gasteiger partial charge in [0.1, 0.15) is 11.5 Å². The number of nitrogens with zero attached hydrogens (tertiary/aromatic N) is 3. The number of ether oxygens (including phenoxy) is 1. The molecular formula is C20H18N4O2. The zero-order valence-electron chi connectivity index (χ0n) is 14.1. The lowest BCUT2D eigenvalue weighted by Gasteiger charge is -2.39. The number of hydrogen-bond acceptors (Lipinski definition) is 5. The lowest BCUT2D eigenvalue weighted by molar-refractivity contribution is 0.0624. The number of hydrogen-bond donors (Lipinski definition) is 1. The van der Waals surface area contributed by atoms with Gasteiger partial charge in [0, 0.05) is 31.0 Å². The van der Waals surface area contributed by atoms with Gasteiger partial charge in [-0.3, -0.25) is 4.79 Å². The Morgan fingerprint density at radius 3 is 2.27 bits per heavy atom. The first kappa shape index (κ1) is 16.1. The average Bonchev–Trinajstić information content (AvgIpc) is 2.66. The highest BCUT2D eigenvalue weighted by Crippen LogP contribution is 2.22. The lowest BCUT2D eigenvalue weighted by atomic mass is 10.1. The van der Waals surface area contributed by atoms with Crippen LogP contribution in [0.1, 0.15) is 10.4 Å². The standard InChI is InChI=1S/C20H18N4O2/c25-19(24-13-16(14-24)23-20-21-11-4-12-22-20)15-7-9-18(10-8-15)26-17-5-2-1-3-6-17/h1-12,16H,13-14H2,(H,21,22,23). The van der Waals surface area contributed by atoms with Crippen LogP contribution in [0.15, 0.2) is 73.1 Å². The molecule has 2 aromatic carbocycles. The minimum absolute atomic E-state index is 0.0169. The molecule has 26 heavy (non-hydrogen) atoms. The fourth-order valence-electron chi connectivity index (χ4n) is 2.76. The van der Waals surface area contributed by atoms with E-state index in [4.69, 9.17) is 4.74 Å². The third-order valence-electron chi connectivity index (χ3n) is 4.15. The summed E-state index contributed by atoms with van der Waals surface area (Å²) in [6.45, 7) is 1.28. The second kappa shape index (κ2) is 7.23. The van der Waals surface area contributed by atoms with Gasteiger partial charge in [-0.2, -0.15) is 0 Å². The van der Waals surface area contributed by atoms with Crippen molar-refractivity contribution in [2.45, 2.75) is 6.04 Å². The Morgan fingerprint density at radius 1 is 0.923 bits per heavy atom. The largest absolute Gasteiger partial charge is 0.457 e. The fraction of sp³-hybridized carbons (Fsp3) is 0.150. The van der Waals surface area contributed by atoms with Crippen LogP contribution in [-0.2, 0) is 0 Å². The van der Waals surface area contributed by atoms with E-state index in [0.29, 0.717) is 30.4 Å². The SMILES string of the molecule is O=C(c1ccc(Oc2ccccc2)cc1)N1CC(Nc2ncccn2)C1. The fourth-order valence-corrected chi connectivity index (χ4v) is 2.76. The Balaban J connectivity index is 1.31. The van der Waals surface area contributed by atoms with Crippen LogP contribution < -0.4 is 10.1 Å². The molecule has 0 radical (unpaired) electrons. The number of aromatic nitrogens is 2. The Kier molecular flexibility index (Phi) is 4.47. The summed E-state index contributed by atoms with van der Waals surface area (Å²) < 4.78 is 5.75. The van der Waals surface area contributed by atoms with E-state index in [-0.39, 0.29) is 11.9 Å². The summed E-state index contributed by atoms with van der Waals surface area (Å²) in [5.74, 6) is 2.08. The molecule has 0 aliphatic carbocycles. The number of likely N-dealkylation sites (tertiary alicyclic amines) is 1. The Morgan fingerprint density at radius 2 is 1.58 bits per heavy atom. The molecule has 0 spiro atoms. The first-order valence-corrected chi connectivity index (χ1v) is 8.44. The molecule has 1 aliphatic rings. The molecule has 1 saturated heterocycles. The minimum Gasteiger partial charge on any atom is -0.457 e. The van der Waals surface area contributed by atoms with Crippen molar-refractivity contribution in [2.24, 2.45) is 0 Å². The van der Waals surface area contributed by atoms with Gasteiger partial charge in [-0.05, 0) is 42.5 Å². The molecule has 1 N–H and O–H groups in total. The molecule has 6 heteroatoms. The van der Waals surface area contributed by atoms with Gasteiger partial charge in [0.05, 0.1) is 6.04 Å². The molecule has 6 nitrogen and oxygen atoms in total. The van der Waals surface area contributed by atoms with Crippen molar-refractivity contribution in [3.63, 3.8) is 0 Å². The van der Waals surface area contributed by atoms with Crippen LogP contribution in [0.4, 0.5) is 5.95 Å². The molecule has 0 unspecified atom stereocenters. The molecule has 1 aromatic heterocycles. The molecule has 1 aliphatic heterocycles. The second-order valence-corrected chi connectivity index (χ2v) is 6.06. The highest BCUT2D eigenvalue weighted by molar-refractivity contribution is 5.95. The zero-order valence-corrected chi connectivity index (χ0v) is 14.1. The summed E-state index contributed by atoms with van der Waals surface area (Å²) in [6.07, 6.45) is 3.38. The smallest absolute Gasteiger partial charge is 0.254 e. The highest BCUT2D eigenvalue weighted by Gasteiger charge is 2.31. The van der Waals surface area contributed by atoms with Crippen molar-refractivity contribution in [2.75, 3.05) is 18.4 Å². The van der Waals surface area contributed by atoms with Crippen LogP contribution >= 0.6 is 0 Å². The van der Waals surface area contributed by atoms with E-state index >= 15 is 0 Å². The van der Waals surface area contributed by atoms with E-state index in [1.54, 1.807) is 35.5 Å². The van der Waals surface area contributed by atoms with Gasteiger partial charge in [0.25, 0.3) is 5.91 Å². The number of benzene rings is 2. The zero-order chi connectivity index (χ0) is 17.8. The molecule has 0 bridgehead atoms. The Bertz CT molecular complexity index is 863. The molecular weight excluding hydrogens is 328 g/mol. The second-order valence-electron chi connectivity index (χ2n) is 6.06. The monoisotopic (exact) mass is 346 g/mol. The Labute approximate surface area is 151 Å². The summed E-state index contributed by atoms with van der Waals surface area (Å²) in [5, 5.41) is 3.21. The predicted octanol–water partition coefficient (Wildman–Crippen LogP) is 3.21. The Hall–Kier alpha value is -3.41. The molecule has 3 aromatic rings. The molecule has 4 rings (SSSR count). The van der Waals surface area contributed by atoms with E-state index in [1.807, 2.05) is 42.5 Å². The van der Waals surface area contributed by atoms with Crippen LogP contribution in [-0.4, -0.2) is 39.9 Å². The van der Waals surface area contributed by atoms with Gasteiger partial charge in [0.15, 0.2) is 0 Å². The summed E-state index contributed by atoms with van der Waals surface area (Å²) in [7, 11) is 0. The number of anilines is 1. The van der Waals surface area contributed by atoms with Gasteiger partial charge in [0.2, 0.25) is 5.95 Å². The first-order chi connectivity index (χ1) is 12.8. The van der Waals surface area contributed by atoms with Gasteiger partial charge < -0.3 is 15.0 Å². The topological polar surface area (TPSA) is 67.3 Å². The lowest BCUT2D eigenvalue weighted by Crippen LogP contribution is -2.57. The van der Waals surface area contributed by atoms with Gasteiger partial charge in [-0.1, -0.05) is 18.2 Å². The summed E-state index contributed by atoms with van der Waals surface area (Å²) in [4.78, 5) is 22.6. The number of rotatable bonds is 5. The average molecular weight is 346 g/mol. The van der Waals surface area contributed by atoms with Crippen LogP contribution in [0.25, 0.3) is 0 Å². The number of para-hydroxylation sites is 1. The van der Waals surface area contributed by atoms with E-state index in [1.165, 1.54) is 0 Å². The maximum Gasteiger partial charge on any atom is 0.254 e. The van der Waals surface area contributed by atoms with Crippen molar-refractivity contribution < 1.29 is 9.53 Å². The van der Waals surface area contributed by atoms with E-state index in [9.17, 15) is 4.79 Å². The van der Waals surface area contributed by atoms with E-state index in [2.05, 4.69) is 15.3 Å². The molecule has 1 amide bonds. The summed E-state index contributed by atoms with van der Waals surface area (Å²) in [6, 6.07) is 18.7. The van der Waals surface area contributed by atoms with Crippen molar-refractivity contribution in [1.29, 1.82) is 0 Å². The molecule has 2 heterocycles. The maximum absolute atomic E-state index is 12.5. The van der Waals surface area contributed by atoms with E-state index in [0.717, 1.165) is 5.75 Å². The van der Waals surface area contributed by atoms with Crippen molar-refractivity contribution in [1.82, 2.24) is 14.9 Å². The summed E-state index contributed by atoms with van der Waals surface area (Å²) in [5.41, 5.74) is 0.653. The van der Waals surface area contributed by atoms with E-state index < -0.39 is 0 Å². The van der Waals surface area contributed by atoms with Gasteiger partial charge in [-0.25, -0.2) is 9.97 Å². The quantitative estimate of drug-likeness (QED) is 0.768. The number of amides is 1. The molecule has 0 saturated carbocycles. The van der Waals surface area contributed by atoms with Crippen molar-refractivity contribution >= 4 is 11.9 Å². The van der Waals surface area contributed by atoms with Gasteiger partial charge >= 0.3 is 0 Å². The maximum atomic E-state index is 12.5. The van der Waals surface area contributed by atoms with Crippen LogP contribution in [0.5, 0.6) is 11.5 Å². The number of carbonyl (C=O) groups excluding carboxylic acids is 1. The number of nitrogens with one attached hydrogen (secondary N) is 1. The highest BCUT2D eigenvalue weighted by atomic mass is 16.5. The van der Waals surface area contributed by atoms with Crippen LogP contribution in [0.2, 0.25) is 0 Å². The van der Waals surface area contributed by atoms with Crippen LogP contribution in [0.3, 0.4) is 0 Å². The predicted molar refractivity (Wildman–Crippen MR) is 98.3 cm³/mol. The van der Waals surface area contributed by atoms with Crippen molar-refractivity contribution in [3.8, 4) is 11.5 Å². The van der Waals surface area contributed by atoms with Crippen LogP contribution in [0, 0.1) is 0 Å². The molecule has 1 fully saturated rings. The number of carbonyl (C=O) groups is 1.